The number of hydrogen-bond acceptors (Lipinski definition) is 5. The summed E-state index contributed by atoms with van der Waals surface area (Å²) in [4.78, 5) is 14.8. The minimum atomic E-state index is -3.30. The summed E-state index contributed by atoms with van der Waals surface area (Å²) in [5.74, 6) is 0.317. The molecule has 0 saturated heterocycles. The third-order valence-electron chi connectivity index (χ3n) is 4.87. The summed E-state index contributed by atoms with van der Waals surface area (Å²) in [7, 11) is -3.30. The topological polar surface area (TPSA) is 72.5 Å². The number of carbonyl (C=O) groups excluding carboxylic acids is 1. The molecule has 0 radical (unpaired) electrons. The van der Waals surface area contributed by atoms with Crippen LogP contribution in [0.2, 0.25) is 0 Å². The van der Waals surface area contributed by atoms with Crippen molar-refractivity contribution in [2.24, 2.45) is 0 Å². The van der Waals surface area contributed by atoms with Gasteiger partial charge in [-0.15, -0.1) is 11.3 Å². The minimum Gasteiger partial charge on any atom is -0.492 e. The Morgan fingerprint density at radius 2 is 1.86 bits per heavy atom. The molecule has 0 aliphatic carbocycles. The van der Waals surface area contributed by atoms with Crippen LogP contribution in [0.25, 0.3) is 10.4 Å². The second-order valence-electron chi connectivity index (χ2n) is 6.77. The third-order valence-corrected chi connectivity index (χ3v) is 7.85. The lowest BCUT2D eigenvalue weighted by Crippen LogP contribution is -2.33. The van der Waals surface area contributed by atoms with Crippen LogP contribution in [0.4, 0.5) is 0 Å². The summed E-state index contributed by atoms with van der Waals surface area (Å²) in [6.45, 7) is 2.33. The van der Waals surface area contributed by atoms with Gasteiger partial charge in [-0.3, -0.25) is 4.79 Å². The van der Waals surface area contributed by atoms with Gasteiger partial charge in [-0.1, -0.05) is 48.5 Å². The molecule has 1 unspecified atom stereocenters. The van der Waals surface area contributed by atoms with E-state index in [1.165, 1.54) is 11.3 Å². The van der Waals surface area contributed by atoms with E-state index in [9.17, 15) is 13.2 Å². The van der Waals surface area contributed by atoms with Gasteiger partial charge in [0, 0.05) is 4.88 Å². The molecule has 7 heteroatoms. The zero-order valence-corrected chi connectivity index (χ0v) is 17.6. The van der Waals surface area contributed by atoms with E-state index in [4.69, 9.17) is 4.74 Å². The average molecular weight is 428 g/mol. The van der Waals surface area contributed by atoms with Crippen molar-refractivity contribution < 1.29 is 17.9 Å². The molecule has 150 valence electrons. The van der Waals surface area contributed by atoms with Crippen molar-refractivity contribution >= 4 is 27.1 Å². The summed E-state index contributed by atoms with van der Waals surface area (Å²) >= 11 is 1.38. The van der Waals surface area contributed by atoms with Crippen LogP contribution >= 0.6 is 11.3 Å². The van der Waals surface area contributed by atoms with Gasteiger partial charge in [0.2, 0.25) is 0 Å². The Morgan fingerprint density at radius 3 is 2.62 bits per heavy atom. The summed E-state index contributed by atoms with van der Waals surface area (Å²) in [5.41, 5.74) is 1.66. The van der Waals surface area contributed by atoms with E-state index >= 15 is 0 Å². The fraction of sp³-hybridized carbons (Fsp3) is 0.227. The van der Waals surface area contributed by atoms with Crippen LogP contribution in [0.15, 0.2) is 65.6 Å². The van der Waals surface area contributed by atoms with Gasteiger partial charge in [-0.25, -0.2) is 8.42 Å². The Balaban J connectivity index is 1.64. The van der Waals surface area contributed by atoms with Crippen LogP contribution in [-0.4, -0.2) is 26.7 Å². The summed E-state index contributed by atoms with van der Waals surface area (Å²) in [6.07, 6.45) is 0.353. The zero-order chi connectivity index (χ0) is 20.4. The van der Waals surface area contributed by atoms with Gasteiger partial charge in [0.25, 0.3) is 5.91 Å². The molecule has 1 aliphatic rings. The van der Waals surface area contributed by atoms with Gasteiger partial charge in [-0.05, 0) is 36.6 Å². The fourth-order valence-electron chi connectivity index (χ4n) is 3.50. The molecule has 2 aromatic carbocycles. The quantitative estimate of drug-likeness (QED) is 0.652. The number of benzene rings is 2. The summed E-state index contributed by atoms with van der Waals surface area (Å²) in [6, 6.07) is 18.2. The highest BCUT2D eigenvalue weighted by Crippen LogP contribution is 2.38. The van der Waals surface area contributed by atoms with Crippen LogP contribution in [0, 0.1) is 0 Å². The van der Waals surface area contributed by atoms with Crippen LogP contribution in [0.1, 0.15) is 34.6 Å². The van der Waals surface area contributed by atoms with Gasteiger partial charge in [0.15, 0.2) is 9.84 Å². The highest BCUT2D eigenvalue weighted by Gasteiger charge is 2.31. The minimum absolute atomic E-state index is 0.0208. The molecule has 4 rings (SSSR count). The first-order valence-electron chi connectivity index (χ1n) is 9.44. The number of fused-ring (bicyclic) bond motifs is 1. The molecule has 1 atom stereocenters. The first kappa shape index (κ1) is 19.7. The number of thiophene rings is 1. The third kappa shape index (κ3) is 3.93. The Kier molecular flexibility index (Phi) is 5.43. The number of nitrogens with one attached hydrogen (secondary N) is 1. The number of amides is 1. The molecular weight excluding hydrogens is 406 g/mol. The van der Waals surface area contributed by atoms with Crippen LogP contribution < -0.4 is 10.1 Å². The van der Waals surface area contributed by atoms with Gasteiger partial charge in [0.1, 0.15) is 10.6 Å². The second kappa shape index (κ2) is 8.00. The molecule has 3 aromatic rings. The Labute approximate surface area is 174 Å². The highest BCUT2D eigenvalue weighted by atomic mass is 32.2. The number of rotatable bonds is 5. The molecule has 5 nitrogen and oxygen atoms in total. The van der Waals surface area contributed by atoms with Gasteiger partial charge < -0.3 is 10.1 Å². The molecule has 1 aliphatic heterocycles. The molecular formula is C22H21NO4S2. The average Bonchev–Trinajstić information content (AvgIpc) is 3.15. The molecule has 0 bridgehead atoms. The lowest BCUT2D eigenvalue weighted by atomic mass is 10.0. The largest absolute Gasteiger partial charge is 0.492 e. The van der Waals surface area contributed by atoms with E-state index in [1.807, 2.05) is 43.3 Å². The molecule has 0 spiro atoms. The van der Waals surface area contributed by atoms with E-state index in [1.54, 1.807) is 24.3 Å². The smallest absolute Gasteiger partial charge is 0.265 e. The maximum absolute atomic E-state index is 13.1. The van der Waals surface area contributed by atoms with Gasteiger partial charge >= 0.3 is 0 Å². The molecule has 0 saturated carbocycles. The number of sulfone groups is 1. The number of hydrogen-bond donors (Lipinski definition) is 1. The van der Waals surface area contributed by atoms with Gasteiger partial charge in [0.05, 0.1) is 23.3 Å². The lowest BCUT2D eigenvalue weighted by molar-refractivity contribution is 0.0935. The highest BCUT2D eigenvalue weighted by molar-refractivity contribution is 7.91. The van der Waals surface area contributed by atoms with Gasteiger partial charge in [-0.2, -0.15) is 0 Å². The van der Waals surface area contributed by atoms with Crippen LogP contribution in [0.5, 0.6) is 5.75 Å². The van der Waals surface area contributed by atoms with E-state index in [0.29, 0.717) is 34.1 Å². The van der Waals surface area contributed by atoms with Crippen molar-refractivity contribution in [1.29, 1.82) is 0 Å². The van der Waals surface area contributed by atoms with Crippen molar-refractivity contribution in [3.8, 4) is 16.2 Å². The van der Waals surface area contributed by atoms with E-state index in [-0.39, 0.29) is 17.7 Å². The molecule has 0 fully saturated rings. The van der Waals surface area contributed by atoms with Crippen molar-refractivity contribution in [3.05, 3.63) is 71.1 Å². The maximum Gasteiger partial charge on any atom is 0.265 e. The lowest BCUT2D eigenvalue weighted by Gasteiger charge is -2.26. The SMILES string of the molecule is CCOc1cc(-c2ccccc2)sc1C(=O)NC1CCS(=O)(=O)c2ccccc21. The Bertz CT molecular complexity index is 1140. The first-order valence-corrected chi connectivity index (χ1v) is 11.9. The standard InChI is InChI=1S/C22H21NO4S2/c1-2-27-18-14-19(15-8-4-3-5-9-15)28-21(18)22(24)23-17-12-13-29(25,26)20-11-7-6-10-16(17)20/h3-11,14,17H,2,12-13H2,1H3,(H,23,24). The number of ether oxygens (including phenoxy) is 1. The Morgan fingerprint density at radius 1 is 1.14 bits per heavy atom. The zero-order valence-electron chi connectivity index (χ0n) is 15.9. The normalized spacial score (nSPS) is 17.3. The predicted molar refractivity (Wildman–Crippen MR) is 114 cm³/mol. The summed E-state index contributed by atoms with van der Waals surface area (Å²) < 4.78 is 30.4. The fourth-order valence-corrected chi connectivity index (χ4v) is 6.13. The molecule has 2 heterocycles. The van der Waals surface area contributed by atoms with E-state index in [0.717, 1.165) is 10.4 Å². The van der Waals surface area contributed by atoms with Crippen LogP contribution in [0.3, 0.4) is 0 Å². The van der Waals surface area contributed by atoms with Crippen LogP contribution in [-0.2, 0) is 9.84 Å². The van der Waals surface area contributed by atoms with Crippen molar-refractivity contribution in [1.82, 2.24) is 5.32 Å². The first-order chi connectivity index (χ1) is 14.0. The van der Waals surface area contributed by atoms with Crippen molar-refractivity contribution in [3.63, 3.8) is 0 Å². The monoisotopic (exact) mass is 427 g/mol. The number of carbonyl (C=O) groups is 1. The molecule has 1 N–H and O–H groups in total. The van der Waals surface area contributed by atoms with E-state index in [2.05, 4.69) is 5.32 Å². The summed E-state index contributed by atoms with van der Waals surface area (Å²) in [5, 5.41) is 3.02. The van der Waals surface area contributed by atoms with E-state index < -0.39 is 9.84 Å². The molecule has 29 heavy (non-hydrogen) atoms. The predicted octanol–water partition coefficient (Wildman–Crippen LogP) is 4.46. The Hall–Kier alpha value is -2.64. The van der Waals surface area contributed by atoms with Crippen molar-refractivity contribution in [2.45, 2.75) is 24.3 Å². The second-order valence-corrected chi connectivity index (χ2v) is 9.90. The molecule has 1 aromatic heterocycles. The maximum atomic E-state index is 13.1. The molecule has 1 amide bonds. The van der Waals surface area contributed by atoms with Crippen molar-refractivity contribution in [2.75, 3.05) is 12.4 Å².